The van der Waals surface area contributed by atoms with E-state index in [0.29, 0.717) is 18.5 Å². The summed E-state index contributed by atoms with van der Waals surface area (Å²) < 4.78 is 5.85. The van der Waals surface area contributed by atoms with Crippen LogP contribution in [-0.4, -0.2) is 29.9 Å². The molecule has 2 atom stereocenters. The third-order valence-corrected chi connectivity index (χ3v) is 3.98. The van der Waals surface area contributed by atoms with E-state index in [-0.39, 0.29) is 5.91 Å². The Balaban J connectivity index is 1.91. The summed E-state index contributed by atoms with van der Waals surface area (Å²) >= 11 is 3.37. The molecule has 1 fully saturated rings. The quantitative estimate of drug-likeness (QED) is 0.795. The summed E-state index contributed by atoms with van der Waals surface area (Å²) in [5, 5.41) is 5.20. The summed E-state index contributed by atoms with van der Waals surface area (Å²) in [6.07, 6.45) is -0.246. The largest absolute Gasteiger partial charge is 0.451 e. The average Bonchev–Trinajstić information content (AvgIpc) is 2.88. The molecule has 2 N–H and O–H groups in total. The fourth-order valence-corrected chi connectivity index (χ4v) is 2.65. The zero-order chi connectivity index (χ0) is 16.3. The Morgan fingerprint density at radius 1 is 1.45 bits per heavy atom. The lowest BCUT2D eigenvalue weighted by atomic mass is 10.2. The highest BCUT2D eigenvalue weighted by atomic mass is 79.9. The standard InChI is InChI=1S/C15H17BrN2O4/c1-8-3-4-11(10(16)7-8)18-14(20)9(2)22-15(21)12-5-6-13(19)17-12/h3-4,7,9,12H,5-6H2,1-2H3,(H,17,19)(H,18,20)/t9-,12-/m1/s1. The first-order valence-electron chi connectivity index (χ1n) is 6.93. The van der Waals surface area contributed by atoms with Gasteiger partial charge in [-0.2, -0.15) is 0 Å². The molecule has 22 heavy (non-hydrogen) atoms. The predicted octanol–water partition coefficient (Wildman–Crippen LogP) is 1.91. The van der Waals surface area contributed by atoms with Crippen molar-refractivity contribution < 1.29 is 19.1 Å². The van der Waals surface area contributed by atoms with Crippen molar-refractivity contribution in [3.8, 4) is 0 Å². The number of carbonyl (C=O) groups excluding carboxylic acids is 3. The lowest BCUT2D eigenvalue weighted by molar-refractivity contribution is -0.155. The molecule has 0 bridgehead atoms. The van der Waals surface area contributed by atoms with E-state index < -0.39 is 24.0 Å². The molecule has 2 amide bonds. The summed E-state index contributed by atoms with van der Waals surface area (Å²) in [5.74, 6) is -1.19. The molecule has 0 unspecified atom stereocenters. The Kier molecular flexibility index (Phi) is 5.18. The maximum atomic E-state index is 12.1. The van der Waals surface area contributed by atoms with Crippen LogP contribution in [0.25, 0.3) is 0 Å². The molecule has 1 aliphatic heterocycles. The van der Waals surface area contributed by atoms with Crippen LogP contribution in [0.3, 0.4) is 0 Å². The number of benzene rings is 1. The van der Waals surface area contributed by atoms with Gasteiger partial charge in [0.1, 0.15) is 6.04 Å². The van der Waals surface area contributed by atoms with Crippen LogP contribution < -0.4 is 10.6 Å². The zero-order valence-electron chi connectivity index (χ0n) is 12.3. The molecular weight excluding hydrogens is 352 g/mol. The minimum absolute atomic E-state index is 0.178. The van der Waals surface area contributed by atoms with Gasteiger partial charge < -0.3 is 15.4 Å². The Labute approximate surface area is 136 Å². The molecule has 0 aromatic heterocycles. The number of amides is 2. The van der Waals surface area contributed by atoms with Crippen molar-refractivity contribution in [2.75, 3.05) is 5.32 Å². The maximum Gasteiger partial charge on any atom is 0.329 e. The minimum Gasteiger partial charge on any atom is -0.451 e. The first-order chi connectivity index (χ1) is 10.4. The van der Waals surface area contributed by atoms with E-state index in [0.717, 1.165) is 10.0 Å². The van der Waals surface area contributed by atoms with E-state index in [4.69, 9.17) is 4.74 Å². The first-order valence-corrected chi connectivity index (χ1v) is 7.73. The lowest BCUT2D eigenvalue weighted by Gasteiger charge is -2.16. The molecule has 1 saturated heterocycles. The Morgan fingerprint density at radius 3 is 2.77 bits per heavy atom. The number of rotatable bonds is 4. The average molecular weight is 369 g/mol. The summed E-state index contributed by atoms with van der Waals surface area (Å²) in [7, 11) is 0. The van der Waals surface area contributed by atoms with Crippen molar-refractivity contribution in [1.82, 2.24) is 5.32 Å². The monoisotopic (exact) mass is 368 g/mol. The van der Waals surface area contributed by atoms with E-state index in [2.05, 4.69) is 26.6 Å². The van der Waals surface area contributed by atoms with Crippen LogP contribution in [0, 0.1) is 6.92 Å². The van der Waals surface area contributed by atoms with Gasteiger partial charge in [0.2, 0.25) is 5.91 Å². The summed E-state index contributed by atoms with van der Waals surface area (Å²) in [6.45, 7) is 3.43. The van der Waals surface area contributed by atoms with Crippen LogP contribution in [-0.2, 0) is 19.1 Å². The van der Waals surface area contributed by atoms with Gasteiger partial charge in [-0.15, -0.1) is 0 Å². The fraction of sp³-hybridized carbons (Fsp3) is 0.400. The molecule has 1 aromatic rings. The van der Waals surface area contributed by atoms with Crippen LogP contribution in [0.5, 0.6) is 0 Å². The second-order valence-electron chi connectivity index (χ2n) is 5.21. The molecule has 0 saturated carbocycles. The summed E-state index contributed by atoms with van der Waals surface area (Å²) in [4.78, 5) is 35.0. The fourth-order valence-electron chi connectivity index (χ4n) is 2.06. The van der Waals surface area contributed by atoms with Crippen LogP contribution in [0.15, 0.2) is 22.7 Å². The number of nitrogens with one attached hydrogen (secondary N) is 2. The van der Waals surface area contributed by atoms with Crippen molar-refractivity contribution in [3.05, 3.63) is 28.2 Å². The Bertz CT molecular complexity index is 618. The maximum absolute atomic E-state index is 12.1. The number of hydrogen-bond donors (Lipinski definition) is 2. The molecule has 7 heteroatoms. The number of ether oxygens (including phenoxy) is 1. The van der Waals surface area contributed by atoms with E-state index in [1.165, 1.54) is 6.92 Å². The highest BCUT2D eigenvalue weighted by molar-refractivity contribution is 9.10. The van der Waals surface area contributed by atoms with Gasteiger partial charge in [-0.05, 0) is 53.9 Å². The molecule has 0 aliphatic carbocycles. The number of carbonyl (C=O) groups is 3. The summed E-state index contributed by atoms with van der Waals surface area (Å²) in [6, 6.07) is 4.85. The molecule has 2 rings (SSSR count). The van der Waals surface area contributed by atoms with Gasteiger partial charge in [-0.25, -0.2) is 4.79 Å². The van der Waals surface area contributed by atoms with E-state index in [1.54, 1.807) is 6.07 Å². The van der Waals surface area contributed by atoms with Gasteiger partial charge in [-0.3, -0.25) is 9.59 Å². The van der Waals surface area contributed by atoms with Crippen LogP contribution in [0.1, 0.15) is 25.3 Å². The number of anilines is 1. The van der Waals surface area contributed by atoms with Crippen LogP contribution >= 0.6 is 15.9 Å². The first kappa shape index (κ1) is 16.5. The topological polar surface area (TPSA) is 84.5 Å². The number of esters is 1. The van der Waals surface area contributed by atoms with Gasteiger partial charge in [0.05, 0.1) is 5.69 Å². The second kappa shape index (κ2) is 6.91. The lowest BCUT2D eigenvalue weighted by Crippen LogP contribution is -2.39. The third-order valence-electron chi connectivity index (χ3n) is 3.32. The molecule has 118 valence electrons. The smallest absolute Gasteiger partial charge is 0.329 e. The predicted molar refractivity (Wildman–Crippen MR) is 84.2 cm³/mol. The molecule has 1 aromatic carbocycles. The molecule has 1 aliphatic rings. The molecule has 1 heterocycles. The van der Waals surface area contributed by atoms with Gasteiger partial charge in [-0.1, -0.05) is 6.07 Å². The van der Waals surface area contributed by atoms with Gasteiger partial charge in [0.15, 0.2) is 6.10 Å². The molecular formula is C15H17BrN2O4. The normalized spacial score (nSPS) is 18.5. The zero-order valence-corrected chi connectivity index (χ0v) is 13.9. The number of aryl methyl sites for hydroxylation is 1. The SMILES string of the molecule is Cc1ccc(NC(=O)[C@@H](C)OC(=O)[C@H]2CCC(=O)N2)c(Br)c1. The molecule has 0 spiro atoms. The Morgan fingerprint density at radius 2 is 2.18 bits per heavy atom. The molecule has 6 nitrogen and oxygen atoms in total. The van der Waals surface area contributed by atoms with Crippen LogP contribution in [0.4, 0.5) is 5.69 Å². The summed E-state index contributed by atoms with van der Waals surface area (Å²) in [5.41, 5.74) is 1.66. The van der Waals surface area contributed by atoms with Crippen molar-refractivity contribution in [1.29, 1.82) is 0 Å². The number of hydrogen-bond acceptors (Lipinski definition) is 4. The van der Waals surface area contributed by atoms with E-state index in [9.17, 15) is 14.4 Å². The minimum atomic E-state index is -0.946. The van der Waals surface area contributed by atoms with Crippen LogP contribution in [0.2, 0.25) is 0 Å². The molecule has 0 radical (unpaired) electrons. The van der Waals surface area contributed by atoms with Gasteiger partial charge in [0.25, 0.3) is 5.91 Å². The highest BCUT2D eigenvalue weighted by Crippen LogP contribution is 2.23. The van der Waals surface area contributed by atoms with Crippen molar-refractivity contribution in [3.63, 3.8) is 0 Å². The van der Waals surface area contributed by atoms with Crippen molar-refractivity contribution in [2.24, 2.45) is 0 Å². The highest BCUT2D eigenvalue weighted by Gasteiger charge is 2.30. The number of halogens is 1. The van der Waals surface area contributed by atoms with Gasteiger partial charge in [0, 0.05) is 10.9 Å². The Hall–Kier alpha value is -1.89. The second-order valence-corrected chi connectivity index (χ2v) is 6.06. The van der Waals surface area contributed by atoms with E-state index >= 15 is 0 Å². The van der Waals surface area contributed by atoms with E-state index in [1.807, 2.05) is 19.1 Å². The van der Waals surface area contributed by atoms with Crippen molar-refractivity contribution in [2.45, 2.75) is 38.8 Å². The van der Waals surface area contributed by atoms with Gasteiger partial charge >= 0.3 is 5.97 Å². The van der Waals surface area contributed by atoms with Crippen molar-refractivity contribution >= 4 is 39.4 Å². The third kappa shape index (κ3) is 4.07.